The van der Waals surface area contributed by atoms with Gasteiger partial charge in [0, 0.05) is 16.6 Å². The summed E-state index contributed by atoms with van der Waals surface area (Å²) in [5.41, 5.74) is 1.40. The number of nitrogens with one attached hydrogen (secondary N) is 1. The summed E-state index contributed by atoms with van der Waals surface area (Å²) < 4.78 is 1.24. The van der Waals surface area contributed by atoms with Crippen LogP contribution in [0.15, 0.2) is 28.7 Å². The van der Waals surface area contributed by atoms with Gasteiger partial charge in [-0.2, -0.15) is 0 Å². The fraction of sp³-hybridized carbons (Fsp3) is 0.667. The molecule has 4 aliphatic carbocycles. The van der Waals surface area contributed by atoms with Crippen LogP contribution < -0.4 is 5.32 Å². The zero-order valence-corrected chi connectivity index (χ0v) is 13.8. The number of hydrogen-bond donors (Lipinski definition) is 1. The maximum Gasteiger partial charge on any atom is 0.0305 e. The second-order valence-corrected chi connectivity index (χ2v) is 8.22. The van der Waals surface area contributed by atoms with Gasteiger partial charge in [-0.3, -0.25) is 0 Å². The van der Waals surface area contributed by atoms with E-state index in [9.17, 15) is 0 Å². The van der Waals surface area contributed by atoms with Crippen LogP contribution in [0.1, 0.15) is 50.6 Å². The normalized spacial score (nSPS) is 40.0. The molecular formula is C18H24BrN. The molecule has 1 aromatic carbocycles. The molecule has 2 heteroatoms. The molecule has 0 radical (unpaired) electrons. The van der Waals surface area contributed by atoms with Crippen molar-refractivity contribution >= 4 is 15.9 Å². The molecule has 0 heterocycles. The summed E-state index contributed by atoms with van der Waals surface area (Å²) >= 11 is 3.70. The van der Waals surface area contributed by atoms with Crippen molar-refractivity contribution in [3.63, 3.8) is 0 Å². The van der Waals surface area contributed by atoms with Crippen LogP contribution in [0.4, 0.5) is 0 Å². The van der Waals surface area contributed by atoms with Gasteiger partial charge in [-0.25, -0.2) is 0 Å². The smallest absolute Gasteiger partial charge is 0.0305 e. The molecule has 4 saturated carbocycles. The van der Waals surface area contributed by atoms with Gasteiger partial charge in [0.15, 0.2) is 0 Å². The Balaban J connectivity index is 1.50. The summed E-state index contributed by atoms with van der Waals surface area (Å²) in [6.07, 6.45) is 7.51. The molecule has 0 aliphatic heterocycles. The number of hydrogen-bond acceptors (Lipinski definition) is 1. The van der Waals surface area contributed by atoms with Gasteiger partial charge in [-0.15, -0.1) is 0 Å². The van der Waals surface area contributed by atoms with Crippen LogP contribution in [0.2, 0.25) is 0 Å². The van der Waals surface area contributed by atoms with E-state index in [0.717, 1.165) is 29.7 Å². The lowest BCUT2D eigenvalue weighted by Gasteiger charge is -2.55. The quantitative estimate of drug-likeness (QED) is 0.827. The van der Waals surface area contributed by atoms with Crippen molar-refractivity contribution < 1.29 is 0 Å². The third-order valence-corrected chi connectivity index (χ3v) is 6.76. The molecule has 1 atom stereocenters. The zero-order chi connectivity index (χ0) is 13.7. The van der Waals surface area contributed by atoms with Gasteiger partial charge in [-0.1, -0.05) is 34.1 Å². The number of halogens is 1. The molecule has 0 spiro atoms. The molecule has 4 bridgehead atoms. The number of rotatable bonds is 3. The van der Waals surface area contributed by atoms with Crippen molar-refractivity contribution in [3.05, 3.63) is 34.3 Å². The fourth-order valence-corrected chi connectivity index (χ4v) is 6.03. The lowest BCUT2D eigenvalue weighted by Crippen LogP contribution is -2.54. The first-order valence-electron chi connectivity index (χ1n) is 8.21. The van der Waals surface area contributed by atoms with Gasteiger partial charge in [0.1, 0.15) is 0 Å². The maximum atomic E-state index is 3.99. The summed E-state index contributed by atoms with van der Waals surface area (Å²) in [6.45, 7) is 2.32. The van der Waals surface area contributed by atoms with Crippen molar-refractivity contribution in [3.8, 4) is 0 Å². The van der Waals surface area contributed by atoms with Gasteiger partial charge in [0.25, 0.3) is 0 Å². The fourth-order valence-electron chi connectivity index (χ4n) is 5.40. The largest absolute Gasteiger partial charge is 0.307 e. The molecule has 20 heavy (non-hydrogen) atoms. The molecule has 4 aliphatic rings. The van der Waals surface area contributed by atoms with Crippen molar-refractivity contribution in [2.75, 3.05) is 0 Å². The van der Waals surface area contributed by atoms with Crippen LogP contribution in [-0.4, -0.2) is 6.04 Å². The van der Waals surface area contributed by atoms with Gasteiger partial charge >= 0.3 is 0 Å². The average Bonchev–Trinajstić information content (AvgIpc) is 2.42. The molecule has 1 N–H and O–H groups in total. The Morgan fingerprint density at radius 2 is 1.60 bits per heavy atom. The summed E-state index contributed by atoms with van der Waals surface area (Å²) in [4.78, 5) is 0. The van der Waals surface area contributed by atoms with Crippen LogP contribution in [-0.2, 0) is 0 Å². The molecule has 5 rings (SSSR count). The average molecular weight is 334 g/mol. The van der Waals surface area contributed by atoms with Crippen LogP contribution in [0, 0.1) is 23.7 Å². The van der Waals surface area contributed by atoms with Crippen molar-refractivity contribution in [1.29, 1.82) is 0 Å². The van der Waals surface area contributed by atoms with E-state index < -0.39 is 0 Å². The summed E-state index contributed by atoms with van der Waals surface area (Å²) in [6, 6.07) is 9.87. The summed E-state index contributed by atoms with van der Waals surface area (Å²) in [5.74, 6) is 4.04. The second-order valence-electron chi connectivity index (χ2n) is 7.37. The standard InChI is InChI=1S/C18H24BrN/c1-11(16-4-2-3-5-17(16)19)20-18-14-7-12-6-13(9-14)10-15(18)8-12/h2-5,11-15,18,20H,6-10H2,1H3. The Morgan fingerprint density at radius 3 is 2.20 bits per heavy atom. The summed E-state index contributed by atoms with van der Waals surface area (Å²) in [5, 5.41) is 3.99. The third-order valence-electron chi connectivity index (χ3n) is 6.04. The van der Waals surface area contributed by atoms with E-state index in [0.29, 0.717) is 6.04 Å². The molecule has 0 amide bonds. The molecule has 0 saturated heterocycles. The molecule has 108 valence electrons. The highest BCUT2D eigenvalue weighted by atomic mass is 79.9. The van der Waals surface area contributed by atoms with E-state index in [2.05, 4.69) is 52.4 Å². The lowest BCUT2D eigenvalue weighted by atomic mass is 9.54. The molecule has 1 unspecified atom stereocenters. The highest BCUT2D eigenvalue weighted by Gasteiger charge is 2.48. The van der Waals surface area contributed by atoms with Gasteiger partial charge in [0.05, 0.1) is 0 Å². The van der Waals surface area contributed by atoms with E-state index in [1.807, 2.05) is 0 Å². The highest BCUT2D eigenvalue weighted by molar-refractivity contribution is 9.10. The van der Waals surface area contributed by atoms with E-state index in [1.54, 1.807) is 6.42 Å². The van der Waals surface area contributed by atoms with Crippen molar-refractivity contribution in [2.24, 2.45) is 23.7 Å². The number of benzene rings is 1. The molecule has 4 fully saturated rings. The van der Waals surface area contributed by atoms with Crippen LogP contribution in [0.5, 0.6) is 0 Å². The molecule has 1 nitrogen and oxygen atoms in total. The first-order chi connectivity index (χ1) is 9.70. The second kappa shape index (κ2) is 5.14. The predicted octanol–water partition coefficient (Wildman–Crippen LogP) is 4.92. The van der Waals surface area contributed by atoms with Gasteiger partial charge < -0.3 is 5.32 Å². The SMILES string of the molecule is CC(NC1C2CC3CC(C2)CC1C3)c1ccccc1Br. The molecular weight excluding hydrogens is 310 g/mol. The minimum atomic E-state index is 0.452. The van der Waals surface area contributed by atoms with Crippen LogP contribution in [0.3, 0.4) is 0 Å². The first-order valence-corrected chi connectivity index (χ1v) is 9.00. The maximum absolute atomic E-state index is 3.99. The Hall–Kier alpha value is -0.340. The van der Waals surface area contributed by atoms with Crippen LogP contribution >= 0.6 is 15.9 Å². The van der Waals surface area contributed by atoms with E-state index in [1.165, 1.54) is 35.7 Å². The highest BCUT2D eigenvalue weighted by Crippen LogP contribution is 2.54. The van der Waals surface area contributed by atoms with E-state index >= 15 is 0 Å². The minimum Gasteiger partial charge on any atom is -0.307 e. The Bertz CT molecular complexity index is 470. The summed E-state index contributed by atoms with van der Waals surface area (Å²) in [7, 11) is 0. The van der Waals surface area contributed by atoms with Crippen molar-refractivity contribution in [1.82, 2.24) is 5.32 Å². The van der Waals surface area contributed by atoms with E-state index in [-0.39, 0.29) is 0 Å². The van der Waals surface area contributed by atoms with E-state index in [4.69, 9.17) is 0 Å². The molecule has 0 aromatic heterocycles. The third kappa shape index (κ3) is 2.25. The lowest BCUT2D eigenvalue weighted by molar-refractivity contribution is -0.0171. The Kier molecular flexibility index (Phi) is 3.42. The Morgan fingerprint density at radius 1 is 1.00 bits per heavy atom. The Labute approximate surface area is 130 Å². The molecule has 1 aromatic rings. The van der Waals surface area contributed by atoms with Gasteiger partial charge in [-0.05, 0) is 74.3 Å². The van der Waals surface area contributed by atoms with Crippen molar-refractivity contribution in [2.45, 2.75) is 51.1 Å². The zero-order valence-electron chi connectivity index (χ0n) is 12.2. The van der Waals surface area contributed by atoms with Gasteiger partial charge in [0.2, 0.25) is 0 Å². The predicted molar refractivity (Wildman–Crippen MR) is 86.5 cm³/mol. The minimum absolute atomic E-state index is 0.452. The monoisotopic (exact) mass is 333 g/mol. The topological polar surface area (TPSA) is 12.0 Å². The van der Waals surface area contributed by atoms with Crippen LogP contribution in [0.25, 0.3) is 0 Å². The first kappa shape index (κ1) is 13.3.